The van der Waals surface area contributed by atoms with Crippen molar-refractivity contribution >= 4 is 11.4 Å². The predicted molar refractivity (Wildman–Crippen MR) is 126 cm³/mol. The van der Waals surface area contributed by atoms with Crippen molar-refractivity contribution in [1.82, 2.24) is 4.90 Å². The summed E-state index contributed by atoms with van der Waals surface area (Å²) in [7, 11) is 0. The van der Waals surface area contributed by atoms with Gasteiger partial charge in [0, 0.05) is 12.2 Å². The summed E-state index contributed by atoms with van der Waals surface area (Å²) >= 11 is 0. The van der Waals surface area contributed by atoms with Crippen LogP contribution in [0, 0.1) is 11.7 Å². The van der Waals surface area contributed by atoms with Gasteiger partial charge in [0.15, 0.2) is 0 Å². The van der Waals surface area contributed by atoms with Crippen LogP contribution in [0.25, 0.3) is 0 Å². The van der Waals surface area contributed by atoms with Gasteiger partial charge < -0.3 is 15.4 Å². The molecule has 0 bridgehead atoms. The Hall–Kier alpha value is -2.74. The van der Waals surface area contributed by atoms with E-state index < -0.39 is 17.6 Å². The minimum Gasteiger partial charge on any atom is -0.489 e. The Morgan fingerprint density at radius 1 is 1.12 bits per heavy atom. The molecule has 2 aromatic carbocycles. The lowest BCUT2D eigenvalue weighted by molar-refractivity contribution is -0.137. The van der Waals surface area contributed by atoms with Gasteiger partial charge in [-0.3, -0.25) is 4.90 Å². The van der Waals surface area contributed by atoms with Crippen molar-refractivity contribution in [1.29, 1.82) is 0 Å². The SMILES string of the molecule is C=C(CN1CCC(CCCc2cc(F)cc(C(F)(F)F)c2)CC1)N1CCOc2cccc(N)c21. The van der Waals surface area contributed by atoms with E-state index in [1.807, 2.05) is 18.2 Å². The summed E-state index contributed by atoms with van der Waals surface area (Å²) in [5.41, 5.74) is 8.25. The lowest BCUT2D eigenvalue weighted by Crippen LogP contribution is -2.40. The molecule has 2 aliphatic rings. The van der Waals surface area contributed by atoms with Crippen LogP contribution in [-0.2, 0) is 12.6 Å². The number of fused-ring (bicyclic) bond motifs is 1. The number of piperidine rings is 1. The van der Waals surface area contributed by atoms with Gasteiger partial charge in [0.25, 0.3) is 0 Å². The van der Waals surface area contributed by atoms with Gasteiger partial charge in [-0.05, 0) is 80.6 Å². The van der Waals surface area contributed by atoms with Crippen molar-refractivity contribution in [2.24, 2.45) is 5.92 Å². The molecule has 0 unspecified atom stereocenters. The Bertz CT molecular complexity index is 1020. The first-order valence-electron chi connectivity index (χ1n) is 11.8. The number of anilines is 2. The van der Waals surface area contributed by atoms with Crippen LogP contribution in [0.1, 0.15) is 36.8 Å². The molecule has 1 saturated heterocycles. The summed E-state index contributed by atoms with van der Waals surface area (Å²) in [4.78, 5) is 4.53. The molecule has 184 valence electrons. The highest BCUT2D eigenvalue weighted by Gasteiger charge is 2.31. The molecule has 0 saturated carbocycles. The number of nitrogens with zero attached hydrogens (tertiary/aromatic N) is 2. The van der Waals surface area contributed by atoms with Crippen LogP contribution < -0.4 is 15.4 Å². The maximum absolute atomic E-state index is 13.6. The molecule has 2 aliphatic heterocycles. The van der Waals surface area contributed by atoms with E-state index in [4.69, 9.17) is 10.5 Å². The summed E-state index contributed by atoms with van der Waals surface area (Å²) < 4.78 is 58.1. The molecule has 2 aromatic rings. The summed E-state index contributed by atoms with van der Waals surface area (Å²) in [5, 5.41) is 0. The van der Waals surface area contributed by atoms with Crippen LogP contribution in [0.15, 0.2) is 48.7 Å². The zero-order valence-corrected chi connectivity index (χ0v) is 19.2. The van der Waals surface area contributed by atoms with Crippen LogP contribution in [0.2, 0.25) is 0 Å². The molecule has 0 atom stereocenters. The largest absolute Gasteiger partial charge is 0.489 e. The molecule has 4 rings (SSSR count). The van der Waals surface area contributed by atoms with Crippen molar-refractivity contribution in [3.63, 3.8) is 0 Å². The fraction of sp³-hybridized carbons (Fsp3) is 0.462. The second-order valence-electron chi connectivity index (χ2n) is 9.22. The average Bonchev–Trinajstić information content (AvgIpc) is 2.79. The average molecular weight is 478 g/mol. The normalized spacial score (nSPS) is 17.4. The molecule has 4 nitrogen and oxygen atoms in total. The van der Waals surface area contributed by atoms with Crippen LogP contribution >= 0.6 is 0 Å². The Kier molecular flexibility index (Phi) is 7.36. The number of rotatable bonds is 7. The molecule has 2 heterocycles. The number of likely N-dealkylation sites (tertiary alicyclic amines) is 1. The summed E-state index contributed by atoms with van der Waals surface area (Å²) in [6.45, 7) is 8.26. The highest BCUT2D eigenvalue weighted by molar-refractivity contribution is 5.77. The number of halogens is 4. The third-order valence-electron chi connectivity index (χ3n) is 6.73. The van der Waals surface area contributed by atoms with Crippen LogP contribution in [0.3, 0.4) is 0 Å². The number of para-hydroxylation sites is 1. The minimum absolute atomic E-state index is 0.408. The number of benzene rings is 2. The smallest absolute Gasteiger partial charge is 0.416 e. The number of aryl methyl sites for hydroxylation is 1. The first-order valence-corrected chi connectivity index (χ1v) is 11.8. The van der Waals surface area contributed by atoms with Gasteiger partial charge in [0.2, 0.25) is 0 Å². The number of alkyl halides is 3. The standard InChI is InChI=1S/C26H31F4N3O/c1-18(33-12-13-34-24-7-3-6-23(31)25(24)33)17-32-10-8-19(9-11-32)4-2-5-20-14-21(26(28,29)30)16-22(27)15-20/h3,6-7,14-16,19H,1-2,4-5,8-13,17,31H2. The molecule has 0 spiro atoms. The number of ether oxygens (including phenoxy) is 1. The lowest BCUT2D eigenvalue weighted by atomic mass is 9.90. The molecule has 8 heteroatoms. The summed E-state index contributed by atoms with van der Waals surface area (Å²) in [5.74, 6) is 0.481. The van der Waals surface area contributed by atoms with Crippen molar-refractivity contribution in [2.45, 2.75) is 38.3 Å². The van der Waals surface area contributed by atoms with Gasteiger partial charge in [-0.25, -0.2) is 4.39 Å². The van der Waals surface area contributed by atoms with E-state index in [9.17, 15) is 17.6 Å². The molecule has 0 amide bonds. The van der Waals surface area contributed by atoms with Crippen molar-refractivity contribution in [3.05, 3.63) is 65.6 Å². The fourth-order valence-electron chi connectivity index (χ4n) is 4.95. The van der Waals surface area contributed by atoms with Crippen molar-refractivity contribution in [3.8, 4) is 5.75 Å². The molecule has 0 aliphatic carbocycles. The quantitative estimate of drug-likeness (QED) is 0.400. The molecule has 0 radical (unpaired) electrons. The van der Waals surface area contributed by atoms with Crippen LogP contribution in [0.5, 0.6) is 5.75 Å². The summed E-state index contributed by atoms with van der Waals surface area (Å²) in [6.07, 6.45) is -0.321. The highest BCUT2D eigenvalue weighted by Crippen LogP contribution is 2.38. The first-order chi connectivity index (χ1) is 16.2. The summed E-state index contributed by atoms with van der Waals surface area (Å²) in [6, 6.07) is 8.50. The molecular weight excluding hydrogens is 446 g/mol. The molecule has 2 N–H and O–H groups in total. The number of hydrogen-bond acceptors (Lipinski definition) is 4. The zero-order valence-electron chi connectivity index (χ0n) is 19.2. The van der Waals surface area contributed by atoms with Crippen molar-refractivity contribution in [2.75, 3.05) is 43.4 Å². The predicted octanol–water partition coefficient (Wildman–Crippen LogP) is 5.87. The maximum atomic E-state index is 13.6. The number of nitrogen functional groups attached to an aromatic ring is 1. The van der Waals surface area contributed by atoms with Gasteiger partial charge in [-0.2, -0.15) is 13.2 Å². The van der Waals surface area contributed by atoms with Gasteiger partial charge in [-0.15, -0.1) is 0 Å². The first kappa shape index (κ1) is 24.4. The third-order valence-corrected chi connectivity index (χ3v) is 6.73. The van der Waals surface area contributed by atoms with E-state index in [1.54, 1.807) is 0 Å². The van der Waals surface area contributed by atoms with Gasteiger partial charge in [0.1, 0.15) is 23.9 Å². The second kappa shape index (κ2) is 10.3. The van der Waals surface area contributed by atoms with Gasteiger partial charge >= 0.3 is 6.18 Å². The Balaban J connectivity index is 1.24. The topological polar surface area (TPSA) is 41.7 Å². The maximum Gasteiger partial charge on any atom is 0.416 e. The van der Waals surface area contributed by atoms with Gasteiger partial charge in [-0.1, -0.05) is 19.1 Å². The van der Waals surface area contributed by atoms with E-state index in [0.717, 1.165) is 68.5 Å². The van der Waals surface area contributed by atoms with E-state index >= 15 is 0 Å². The van der Waals surface area contributed by atoms with E-state index in [2.05, 4.69) is 16.4 Å². The number of hydrogen-bond donors (Lipinski definition) is 1. The fourth-order valence-corrected chi connectivity index (χ4v) is 4.95. The highest BCUT2D eigenvalue weighted by atomic mass is 19.4. The van der Waals surface area contributed by atoms with E-state index in [0.29, 0.717) is 42.8 Å². The van der Waals surface area contributed by atoms with Crippen LogP contribution in [0.4, 0.5) is 28.9 Å². The molecule has 0 aromatic heterocycles. The molecule has 1 fully saturated rings. The van der Waals surface area contributed by atoms with E-state index in [-0.39, 0.29) is 0 Å². The van der Waals surface area contributed by atoms with E-state index in [1.165, 1.54) is 6.07 Å². The molecular formula is C26H31F4N3O. The van der Waals surface area contributed by atoms with Crippen LogP contribution in [-0.4, -0.2) is 37.7 Å². The Labute approximate surface area is 198 Å². The van der Waals surface area contributed by atoms with Crippen molar-refractivity contribution < 1.29 is 22.3 Å². The minimum atomic E-state index is -4.53. The lowest BCUT2D eigenvalue weighted by Gasteiger charge is -2.37. The number of nitrogens with two attached hydrogens (primary N) is 1. The molecule has 34 heavy (non-hydrogen) atoms. The Morgan fingerprint density at radius 3 is 2.62 bits per heavy atom. The monoisotopic (exact) mass is 477 g/mol. The zero-order chi connectivity index (χ0) is 24.3. The second-order valence-corrected chi connectivity index (χ2v) is 9.22. The Morgan fingerprint density at radius 2 is 1.88 bits per heavy atom. The van der Waals surface area contributed by atoms with Gasteiger partial charge in [0.05, 0.1) is 17.8 Å². The third kappa shape index (κ3) is 5.84.